The number of anilines is 2. The van der Waals surface area contributed by atoms with E-state index in [0.717, 1.165) is 32.1 Å². The molecule has 2 aromatic rings. The summed E-state index contributed by atoms with van der Waals surface area (Å²) in [6.45, 7) is 5.11. The standard InChI is InChI=1S/C17H19ClFN5O/c1-12(16(25)22-13-3-4-15(19)14(18)11-13)23-7-9-24(10-8-23)17-20-5-2-6-21-17/h2-6,11-12H,7-10H2,1H3,(H,22,25)/p+1/t12-/m1/s1. The molecule has 1 aromatic carbocycles. The molecule has 6 nitrogen and oxygen atoms in total. The van der Waals surface area contributed by atoms with Gasteiger partial charge in [0.1, 0.15) is 5.82 Å². The lowest BCUT2D eigenvalue weighted by atomic mass is 10.2. The number of nitrogens with one attached hydrogen (secondary N) is 2. The van der Waals surface area contributed by atoms with Gasteiger partial charge in [-0.05, 0) is 31.2 Å². The molecule has 0 radical (unpaired) electrons. The Morgan fingerprint density at radius 3 is 2.64 bits per heavy atom. The van der Waals surface area contributed by atoms with E-state index in [9.17, 15) is 9.18 Å². The monoisotopic (exact) mass is 364 g/mol. The maximum absolute atomic E-state index is 13.2. The van der Waals surface area contributed by atoms with E-state index in [2.05, 4.69) is 20.2 Å². The van der Waals surface area contributed by atoms with Gasteiger partial charge in [-0.15, -0.1) is 0 Å². The molecule has 0 spiro atoms. The van der Waals surface area contributed by atoms with E-state index in [-0.39, 0.29) is 17.0 Å². The highest BCUT2D eigenvalue weighted by Crippen LogP contribution is 2.19. The average molecular weight is 365 g/mol. The van der Waals surface area contributed by atoms with Crippen molar-refractivity contribution in [3.63, 3.8) is 0 Å². The Bertz CT molecular complexity index is 737. The summed E-state index contributed by atoms with van der Waals surface area (Å²) in [7, 11) is 0. The van der Waals surface area contributed by atoms with Crippen molar-refractivity contribution in [2.75, 3.05) is 36.4 Å². The molecule has 1 aromatic heterocycles. The number of carbonyl (C=O) groups excluding carboxylic acids is 1. The Hall–Kier alpha value is -2.25. The van der Waals surface area contributed by atoms with Gasteiger partial charge in [0.15, 0.2) is 6.04 Å². The lowest BCUT2D eigenvalue weighted by Crippen LogP contribution is -3.19. The van der Waals surface area contributed by atoms with E-state index < -0.39 is 5.82 Å². The summed E-state index contributed by atoms with van der Waals surface area (Å²) in [5.74, 6) is 0.110. The first-order valence-corrected chi connectivity index (χ1v) is 8.55. The van der Waals surface area contributed by atoms with E-state index in [1.807, 2.05) is 6.92 Å². The Labute approximate surface area is 150 Å². The molecule has 2 heterocycles. The van der Waals surface area contributed by atoms with Crippen molar-refractivity contribution in [2.45, 2.75) is 13.0 Å². The molecular weight excluding hydrogens is 345 g/mol. The number of benzene rings is 1. The second-order valence-electron chi connectivity index (χ2n) is 6.03. The Kier molecular flexibility index (Phi) is 5.45. The minimum Gasteiger partial charge on any atom is -0.330 e. The zero-order valence-electron chi connectivity index (χ0n) is 13.9. The summed E-state index contributed by atoms with van der Waals surface area (Å²) < 4.78 is 13.2. The van der Waals surface area contributed by atoms with Crippen LogP contribution in [0.1, 0.15) is 6.92 Å². The third kappa shape index (κ3) is 4.24. The first kappa shape index (κ1) is 17.6. The predicted molar refractivity (Wildman–Crippen MR) is 94.4 cm³/mol. The molecule has 2 N–H and O–H groups in total. The number of amides is 1. The van der Waals surface area contributed by atoms with Crippen molar-refractivity contribution in [3.05, 3.63) is 47.5 Å². The number of hydrogen-bond donors (Lipinski definition) is 2. The number of rotatable bonds is 4. The van der Waals surface area contributed by atoms with Gasteiger partial charge in [-0.25, -0.2) is 14.4 Å². The van der Waals surface area contributed by atoms with Gasteiger partial charge in [0.2, 0.25) is 5.95 Å². The van der Waals surface area contributed by atoms with Gasteiger partial charge >= 0.3 is 0 Å². The maximum atomic E-state index is 13.2. The van der Waals surface area contributed by atoms with Gasteiger partial charge in [-0.3, -0.25) is 4.79 Å². The highest BCUT2D eigenvalue weighted by atomic mass is 35.5. The minimum absolute atomic E-state index is 0.00530. The predicted octanol–water partition coefficient (Wildman–Crippen LogP) is 1.00. The highest BCUT2D eigenvalue weighted by Gasteiger charge is 2.30. The van der Waals surface area contributed by atoms with Crippen LogP contribution in [0.25, 0.3) is 0 Å². The van der Waals surface area contributed by atoms with Crippen LogP contribution in [0.3, 0.4) is 0 Å². The summed E-state index contributed by atoms with van der Waals surface area (Å²) in [6, 6.07) is 5.74. The number of quaternary nitrogens is 1. The fourth-order valence-corrected chi connectivity index (χ4v) is 3.07. The number of halogens is 2. The number of carbonyl (C=O) groups is 1. The molecule has 1 amide bonds. The van der Waals surface area contributed by atoms with Gasteiger partial charge in [0.25, 0.3) is 5.91 Å². The van der Waals surface area contributed by atoms with Crippen molar-refractivity contribution in [1.29, 1.82) is 0 Å². The zero-order valence-corrected chi connectivity index (χ0v) is 14.6. The molecule has 1 aliphatic rings. The normalized spacial score (nSPS) is 16.5. The first-order chi connectivity index (χ1) is 12.0. The lowest BCUT2D eigenvalue weighted by molar-refractivity contribution is -0.914. The molecule has 132 valence electrons. The third-order valence-corrected chi connectivity index (χ3v) is 4.72. The summed E-state index contributed by atoms with van der Waals surface area (Å²) in [6.07, 6.45) is 3.46. The molecule has 1 aliphatic heterocycles. The fourth-order valence-electron chi connectivity index (χ4n) is 2.89. The van der Waals surface area contributed by atoms with Crippen LogP contribution in [0.5, 0.6) is 0 Å². The number of aromatic nitrogens is 2. The van der Waals surface area contributed by atoms with Gasteiger partial charge in [0, 0.05) is 18.1 Å². The maximum Gasteiger partial charge on any atom is 0.282 e. The second-order valence-corrected chi connectivity index (χ2v) is 6.44. The largest absolute Gasteiger partial charge is 0.330 e. The van der Waals surface area contributed by atoms with Gasteiger partial charge in [-0.1, -0.05) is 11.6 Å². The van der Waals surface area contributed by atoms with Crippen LogP contribution in [0.15, 0.2) is 36.7 Å². The molecule has 8 heteroatoms. The number of hydrogen-bond acceptors (Lipinski definition) is 4. The van der Waals surface area contributed by atoms with Crippen LogP contribution in [0.2, 0.25) is 5.02 Å². The quantitative estimate of drug-likeness (QED) is 0.849. The first-order valence-electron chi connectivity index (χ1n) is 8.17. The summed E-state index contributed by atoms with van der Waals surface area (Å²) >= 11 is 5.75. The summed E-state index contributed by atoms with van der Waals surface area (Å²) in [5, 5.41) is 2.80. The minimum atomic E-state index is -0.502. The highest BCUT2D eigenvalue weighted by molar-refractivity contribution is 6.31. The number of nitrogens with zero attached hydrogens (tertiary/aromatic N) is 3. The van der Waals surface area contributed by atoms with E-state index >= 15 is 0 Å². The van der Waals surface area contributed by atoms with E-state index in [1.165, 1.54) is 23.1 Å². The molecule has 0 unspecified atom stereocenters. The number of piperazine rings is 1. The van der Waals surface area contributed by atoms with Crippen LogP contribution in [0, 0.1) is 5.82 Å². The van der Waals surface area contributed by atoms with Crippen LogP contribution < -0.4 is 15.1 Å². The molecule has 0 aliphatic carbocycles. The Morgan fingerprint density at radius 2 is 2.00 bits per heavy atom. The fraction of sp³-hybridized carbons (Fsp3) is 0.353. The van der Waals surface area contributed by atoms with Crippen LogP contribution in [0.4, 0.5) is 16.0 Å². The zero-order chi connectivity index (χ0) is 17.8. The van der Waals surface area contributed by atoms with E-state index in [0.29, 0.717) is 5.69 Å². The van der Waals surface area contributed by atoms with Crippen molar-refractivity contribution in [2.24, 2.45) is 0 Å². The van der Waals surface area contributed by atoms with Crippen molar-refractivity contribution in [3.8, 4) is 0 Å². The SMILES string of the molecule is C[C@H](C(=O)Nc1ccc(F)c(Cl)c1)[NH+]1CCN(c2ncccn2)CC1. The summed E-state index contributed by atoms with van der Waals surface area (Å²) in [4.78, 5) is 24.3. The summed E-state index contributed by atoms with van der Waals surface area (Å²) in [5.41, 5.74) is 0.499. The molecule has 0 saturated carbocycles. The second kappa shape index (κ2) is 7.76. The molecular formula is C17H20ClFN5O+. The smallest absolute Gasteiger partial charge is 0.282 e. The molecule has 1 fully saturated rings. The average Bonchev–Trinajstić information content (AvgIpc) is 2.65. The van der Waals surface area contributed by atoms with Crippen molar-refractivity contribution < 1.29 is 14.1 Å². The van der Waals surface area contributed by atoms with Crippen molar-refractivity contribution in [1.82, 2.24) is 9.97 Å². The van der Waals surface area contributed by atoms with Gasteiger partial charge in [-0.2, -0.15) is 0 Å². The van der Waals surface area contributed by atoms with Gasteiger partial charge < -0.3 is 15.1 Å². The molecule has 3 rings (SSSR count). The Balaban J connectivity index is 1.55. The molecule has 25 heavy (non-hydrogen) atoms. The van der Waals surface area contributed by atoms with Crippen LogP contribution in [-0.4, -0.2) is 48.1 Å². The van der Waals surface area contributed by atoms with E-state index in [1.54, 1.807) is 18.5 Å². The topological polar surface area (TPSA) is 62.6 Å². The lowest BCUT2D eigenvalue weighted by Gasteiger charge is -2.34. The van der Waals surface area contributed by atoms with Crippen LogP contribution in [-0.2, 0) is 4.79 Å². The van der Waals surface area contributed by atoms with Gasteiger partial charge in [0.05, 0.1) is 31.2 Å². The molecule has 1 atom stereocenters. The third-order valence-electron chi connectivity index (χ3n) is 4.43. The van der Waals surface area contributed by atoms with E-state index in [4.69, 9.17) is 11.6 Å². The van der Waals surface area contributed by atoms with Crippen LogP contribution >= 0.6 is 11.6 Å². The van der Waals surface area contributed by atoms with Crippen molar-refractivity contribution >= 4 is 29.1 Å². The Morgan fingerprint density at radius 1 is 1.32 bits per heavy atom. The molecule has 1 saturated heterocycles. The molecule has 0 bridgehead atoms.